The molecule has 0 atom stereocenters. The summed E-state index contributed by atoms with van der Waals surface area (Å²) >= 11 is 0. The minimum Gasteiger partial charge on any atom is -0.467 e. The van der Waals surface area contributed by atoms with Gasteiger partial charge < -0.3 is 14.4 Å². The molecule has 1 aromatic carbocycles. The molecule has 0 bridgehead atoms. The van der Waals surface area contributed by atoms with E-state index in [-0.39, 0.29) is 12.4 Å². The van der Waals surface area contributed by atoms with Gasteiger partial charge in [-0.05, 0) is 25.1 Å². The van der Waals surface area contributed by atoms with Gasteiger partial charge in [0.25, 0.3) is 0 Å². The number of rotatable bonds is 5. The zero-order valence-electron chi connectivity index (χ0n) is 10.3. The molecule has 4 heteroatoms. The van der Waals surface area contributed by atoms with Crippen LogP contribution in [0.4, 0.5) is 10.1 Å². The van der Waals surface area contributed by atoms with Gasteiger partial charge in [0.15, 0.2) is 0 Å². The molecule has 2 rings (SSSR count). The van der Waals surface area contributed by atoms with Crippen LogP contribution in [0.15, 0.2) is 41.0 Å². The first-order chi connectivity index (χ1) is 8.76. The Morgan fingerprint density at radius 1 is 1.28 bits per heavy atom. The van der Waals surface area contributed by atoms with Crippen molar-refractivity contribution >= 4 is 5.69 Å². The maximum Gasteiger partial charge on any atom is 0.146 e. The molecule has 0 aliphatic rings. The predicted octanol–water partition coefficient (Wildman–Crippen LogP) is 2.94. The Bertz CT molecular complexity index is 497. The van der Waals surface area contributed by atoms with Crippen LogP contribution in [-0.2, 0) is 13.2 Å². The number of nitrogens with zero attached hydrogens (tertiary/aromatic N) is 1. The van der Waals surface area contributed by atoms with Gasteiger partial charge in [-0.3, -0.25) is 0 Å². The Morgan fingerprint density at radius 3 is 2.72 bits per heavy atom. The van der Waals surface area contributed by atoms with Crippen molar-refractivity contribution in [3.8, 4) is 0 Å². The first-order valence-electron chi connectivity index (χ1n) is 5.91. The summed E-state index contributed by atoms with van der Waals surface area (Å²) in [7, 11) is 0. The van der Waals surface area contributed by atoms with Gasteiger partial charge in [0.1, 0.15) is 11.6 Å². The van der Waals surface area contributed by atoms with E-state index in [9.17, 15) is 9.50 Å². The van der Waals surface area contributed by atoms with Crippen molar-refractivity contribution in [2.24, 2.45) is 0 Å². The zero-order valence-corrected chi connectivity index (χ0v) is 10.3. The molecule has 0 saturated carbocycles. The first-order valence-corrected chi connectivity index (χ1v) is 5.91. The van der Waals surface area contributed by atoms with E-state index in [1.807, 2.05) is 17.9 Å². The molecule has 3 nitrogen and oxygen atoms in total. The van der Waals surface area contributed by atoms with Gasteiger partial charge in [0.05, 0.1) is 25.1 Å². The van der Waals surface area contributed by atoms with E-state index in [0.717, 1.165) is 5.76 Å². The van der Waals surface area contributed by atoms with Crippen molar-refractivity contribution in [3.63, 3.8) is 0 Å². The molecule has 18 heavy (non-hydrogen) atoms. The number of halogens is 1. The Labute approximate surface area is 105 Å². The number of benzene rings is 1. The highest BCUT2D eigenvalue weighted by atomic mass is 19.1. The van der Waals surface area contributed by atoms with E-state index in [4.69, 9.17) is 4.42 Å². The van der Waals surface area contributed by atoms with Gasteiger partial charge in [-0.25, -0.2) is 4.39 Å². The van der Waals surface area contributed by atoms with Crippen LogP contribution < -0.4 is 4.90 Å². The van der Waals surface area contributed by atoms with Crippen molar-refractivity contribution in [3.05, 3.63) is 53.7 Å². The van der Waals surface area contributed by atoms with Crippen LogP contribution in [0.25, 0.3) is 0 Å². The van der Waals surface area contributed by atoms with Crippen LogP contribution in [0.2, 0.25) is 0 Å². The molecule has 2 aromatic rings. The van der Waals surface area contributed by atoms with Crippen LogP contribution in [0.5, 0.6) is 0 Å². The molecule has 96 valence electrons. The Morgan fingerprint density at radius 2 is 2.11 bits per heavy atom. The summed E-state index contributed by atoms with van der Waals surface area (Å²) in [5.74, 6) is 0.443. The standard InChI is InChI=1S/C14H16FNO2/c1-2-16(9-12-6-4-8-18-12)14-11(10-17)5-3-7-13(14)15/h3-8,17H,2,9-10H2,1H3. The van der Waals surface area contributed by atoms with Crippen molar-refractivity contribution in [1.82, 2.24) is 0 Å². The summed E-state index contributed by atoms with van der Waals surface area (Å²) in [6.07, 6.45) is 1.59. The first kappa shape index (κ1) is 12.6. The second-order valence-corrected chi connectivity index (χ2v) is 4.00. The fourth-order valence-corrected chi connectivity index (χ4v) is 1.98. The topological polar surface area (TPSA) is 36.6 Å². The van der Waals surface area contributed by atoms with E-state index in [1.165, 1.54) is 6.07 Å². The average molecular weight is 249 g/mol. The number of para-hydroxylation sites is 1. The highest BCUT2D eigenvalue weighted by Crippen LogP contribution is 2.26. The number of anilines is 1. The molecule has 1 aromatic heterocycles. The third-order valence-electron chi connectivity index (χ3n) is 2.87. The summed E-state index contributed by atoms with van der Waals surface area (Å²) < 4.78 is 19.2. The monoisotopic (exact) mass is 249 g/mol. The van der Waals surface area contributed by atoms with E-state index in [0.29, 0.717) is 24.3 Å². The third kappa shape index (κ3) is 2.54. The molecule has 0 amide bonds. The van der Waals surface area contributed by atoms with Crippen molar-refractivity contribution in [2.45, 2.75) is 20.1 Å². The normalized spacial score (nSPS) is 10.6. The molecule has 1 N–H and O–H groups in total. The minimum absolute atomic E-state index is 0.179. The van der Waals surface area contributed by atoms with E-state index in [1.54, 1.807) is 24.5 Å². The molecule has 1 heterocycles. The number of furan rings is 1. The van der Waals surface area contributed by atoms with Gasteiger partial charge in [-0.1, -0.05) is 12.1 Å². The molecule has 0 unspecified atom stereocenters. The molecule has 0 radical (unpaired) electrons. The lowest BCUT2D eigenvalue weighted by Gasteiger charge is -2.24. The predicted molar refractivity (Wildman–Crippen MR) is 67.8 cm³/mol. The number of aliphatic hydroxyl groups is 1. The van der Waals surface area contributed by atoms with Crippen LogP contribution in [0.1, 0.15) is 18.2 Å². The Balaban J connectivity index is 2.32. The summed E-state index contributed by atoms with van der Waals surface area (Å²) in [5, 5.41) is 9.30. The lowest BCUT2D eigenvalue weighted by atomic mass is 10.1. The highest BCUT2D eigenvalue weighted by Gasteiger charge is 2.15. The summed E-state index contributed by atoms with van der Waals surface area (Å²) in [4.78, 5) is 1.85. The SMILES string of the molecule is CCN(Cc1ccco1)c1c(F)cccc1CO. The van der Waals surface area contributed by atoms with Gasteiger partial charge in [-0.2, -0.15) is 0 Å². The Hall–Kier alpha value is -1.81. The molecule has 0 spiro atoms. The van der Waals surface area contributed by atoms with Crippen molar-refractivity contribution in [1.29, 1.82) is 0 Å². The maximum atomic E-state index is 13.9. The second kappa shape index (κ2) is 5.69. The second-order valence-electron chi connectivity index (χ2n) is 4.00. The zero-order chi connectivity index (χ0) is 13.0. The molecule has 0 aliphatic carbocycles. The van der Waals surface area contributed by atoms with Crippen LogP contribution in [-0.4, -0.2) is 11.7 Å². The van der Waals surface area contributed by atoms with E-state index >= 15 is 0 Å². The van der Waals surface area contributed by atoms with E-state index in [2.05, 4.69) is 0 Å². The third-order valence-corrected chi connectivity index (χ3v) is 2.87. The molecule has 0 aliphatic heterocycles. The smallest absolute Gasteiger partial charge is 0.146 e. The van der Waals surface area contributed by atoms with Gasteiger partial charge in [0.2, 0.25) is 0 Å². The molecule has 0 fully saturated rings. The number of hydrogen-bond donors (Lipinski definition) is 1. The fraction of sp³-hybridized carbons (Fsp3) is 0.286. The van der Waals surface area contributed by atoms with Gasteiger partial charge in [-0.15, -0.1) is 0 Å². The van der Waals surface area contributed by atoms with Gasteiger partial charge in [0, 0.05) is 12.1 Å². The van der Waals surface area contributed by atoms with Crippen LogP contribution in [0.3, 0.4) is 0 Å². The molecular weight excluding hydrogens is 233 g/mol. The quantitative estimate of drug-likeness (QED) is 0.885. The molecular formula is C14H16FNO2. The maximum absolute atomic E-state index is 13.9. The number of aliphatic hydroxyl groups excluding tert-OH is 1. The fourth-order valence-electron chi connectivity index (χ4n) is 1.98. The summed E-state index contributed by atoms with van der Waals surface area (Å²) in [6.45, 7) is 2.88. The van der Waals surface area contributed by atoms with Crippen molar-refractivity contribution < 1.29 is 13.9 Å². The lowest BCUT2D eigenvalue weighted by Crippen LogP contribution is -2.24. The highest BCUT2D eigenvalue weighted by molar-refractivity contribution is 5.54. The minimum atomic E-state index is -0.324. The average Bonchev–Trinajstić information content (AvgIpc) is 2.89. The largest absolute Gasteiger partial charge is 0.467 e. The molecule has 0 saturated heterocycles. The van der Waals surface area contributed by atoms with E-state index < -0.39 is 0 Å². The van der Waals surface area contributed by atoms with Crippen LogP contribution >= 0.6 is 0 Å². The Kier molecular flexibility index (Phi) is 3.99. The summed E-state index contributed by atoms with van der Waals surface area (Å²) in [6, 6.07) is 8.38. The lowest BCUT2D eigenvalue weighted by molar-refractivity contribution is 0.281. The van der Waals surface area contributed by atoms with Crippen molar-refractivity contribution in [2.75, 3.05) is 11.4 Å². The number of hydrogen-bond acceptors (Lipinski definition) is 3. The summed E-state index contributed by atoms with van der Waals surface area (Å²) in [5.41, 5.74) is 1.03. The van der Waals surface area contributed by atoms with Gasteiger partial charge >= 0.3 is 0 Å². The van der Waals surface area contributed by atoms with Crippen LogP contribution in [0, 0.1) is 5.82 Å².